The molecule has 0 amide bonds. The van der Waals surface area contributed by atoms with Crippen LogP contribution in [0, 0.1) is 0 Å². The molecule has 554 valence electrons. The average molecular weight is 1460 g/mol. The van der Waals surface area contributed by atoms with Gasteiger partial charge in [-0.05, 0) is 69.4 Å². The van der Waals surface area contributed by atoms with Crippen LogP contribution in [0.25, 0.3) is 73.1 Å². The number of ether oxygens (including phenoxy) is 17. The third-order valence-corrected chi connectivity index (χ3v) is 15.7. The zero-order chi connectivity index (χ0) is 75.7. The van der Waals surface area contributed by atoms with Crippen LogP contribution in [-0.4, -0.2) is 227 Å². The molecule has 1 saturated carbocycles. The van der Waals surface area contributed by atoms with Crippen LogP contribution < -0.4 is 0 Å². The predicted molar refractivity (Wildman–Crippen MR) is 334 cm³/mol. The van der Waals surface area contributed by atoms with E-state index in [9.17, 15) is 81.9 Å². The van der Waals surface area contributed by atoms with Crippen LogP contribution in [0.1, 0.15) is 75.6 Å². The van der Waals surface area contributed by atoms with Crippen molar-refractivity contribution in [3.8, 4) is 0 Å². The molecule has 1 aliphatic carbocycles. The summed E-state index contributed by atoms with van der Waals surface area (Å²) >= 11 is 0. The van der Waals surface area contributed by atoms with Gasteiger partial charge in [0.1, 0.15) is 67.5 Å². The number of hydrogen-bond donors (Lipinski definition) is 0. The lowest BCUT2D eigenvalue weighted by molar-refractivity contribution is -0.311. The Bertz CT molecular complexity index is 3810. The topological polar surface area (TPSA) is 652 Å². The minimum Gasteiger partial charge on any atom is -0.463 e. The molecule has 0 aromatic heterocycles. The molecule has 4 saturated heterocycles. The van der Waals surface area contributed by atoms with Crippen LogP contribution in [-0.2, 0) is 114 Å². The zero-order valence-corrected chi connectivity index (χ0v) is 55.7. The Balaban J connectivity index is 1.46. The van der Waals surface area contributed by atoms with Gasteiger partial charge in [0.25, 0.3) is 0 Å². The average Bonchev–Trinajstić information content (AvgIpc) is 1.63. The van der Waals surface area contributed by atoms with Crippen molar-refractivity contribution in [2.24, 2.45) is 35.8 Å². The van der Waals surface area contributed by atoms with Gasteiger partial charge in [-0.2, -0.15) is 0 Å². The molecule has 0 spiro atoms. The third kappa shape index (κ3) is 21.1. The summed E-state index contributed by atoms with van der Waals surface area (Å²) in [5, 5.41) is 26.1. The zero-order valence-electron chi connectivity index (χ0n) is 55.7. The number of nitrogens with zero attached hydrogens (tertiary/aromatic N) is 21. The van der Waals surface area contributed by atoms with Gasteiger partial charge >= 0.3 is 53.7 Å². The van der Waals surface area contributed by atoms with E-state index in [0.29, 0.717) is 0 Å². The minimum atomic E-state index is -2.31. The lowest BCUT2D eigenvalue weighted by Crippen LogP contribution is -2.65. The van der Waals surface area contributed by atoms with Crippen molar-refractivity contribution in [3.05, 3.63) is 145 Å². The number of rotatable bonds is 30. The maximum absolute atomic E-state index is 14.3. The van der Waals surface area contributed by atoms with E-state index in [2.05, 4.69) is 70.2 Å². The molecule has 2 aromatic carbocycles. The monoisotopic (exact) mass is 1460 g/mol. The highest BCUT2D eigenvalue weighted by Crippen LogP contribution is 2.42. The Morgan fingerprint density at radius 3 is 1.16 bits per heavy atom. The van der Waals surface area contributed by atoms with Crippen LogP contribution in [0.2, 0.25) is 0 Å². The molecule has 0 N–H and O–H groups in total. The van der Waals surface area contributed by atoms with E-state index in [-0.39, 0.29) is 11.1 Å². The molecule has 47 heteroatoms. The molecule has 0 bridgehead atoms. The standard InChI is InChI=1S/C57H65N21O26/c1-23(79)88-21-36-38(69-76-62)46(100-52(86)30-14-10-8-11-15-30)51(101-53(87)31-16-12-9-13-17-31)56(98-36)89-22-37-45(103-55-40(71-78-64)48(94-28(6)84)44(92-26(4)82)35(97-55)20-66-73-59)50(95-29(7)85)57(99-37)104-49-41(90-24(2)80)32(67-74-60)18-33(68-75-61)42(49)102-54-39(70-77-63)47(93-27(5)83)43(91-25(3)81)34(96-54)19-65-72-58/h8-17,32-51,54-57H,18-22H2,1-7H3/t32-,33?,34?,35+,36?,37-,38-,39?,40?,41?,42-,43-,44-,45+,46+,47-,48?,49-,50?,51?,54-,55-,56-,57+/m1/s1. The van der Waals surface area contributed by atoms with Gasteiger partial charge in [-0.25, -0.2) is 9.59 Å². The highest BCUT2D eigenvalue weighted by atomic mass is 16.8. The van der Waals surface area contributed by atoms with Crippen molar-refractivity contribution >= 4 is 53.7 Å². The van der Waals surface area contributed by atoms with Gasteiger partial charge in [-0.1, -0.05) is 72.2 Å². The summed E-state index contributed by atoms with van der Waals surface area (Å²) in [7, 11) is 0. The van der Waals surface area contributed by atoms with Crippen LogP contribution in [0.15, 0.2) is 96.5 Å². The molecule has 2 aromatic rings. The normalized spacial score (nSPS) is 31.7. The maximum Gasteiger partial charge on any atom is 0.338 e. The Kier molecular flexibility index (Phi) is 29.6. The molecule has 47 nitrogen and oxygen atoms in total. The molecule has 7 rings (SSSR count). The fourth-order valence-electron chi connectivity index (χ4n) is 11.8. The van der Waals surface area contributed by atoms with Gasteiger partial charge in [-0.15, -0.1) is 0 Å². The van der Waals surface area contributed by atoms with Gasteiger partial charge in [0.15, 0.2) is 67.9 Å². The van der Waals surface area contributed by atoms with Gasteiger partial charge in [-0.3, -0.25) is 33.6 Å². The first-order chi connectivity index (χ1) is 49.9. The molecule has 4 aliphatic heterocycles. The quantitative estimate of drug-likeness (QED) is 0.0281. The molecule has 5 fully saturated rings. The van der Waals surface area contributed by atoms with E-state index < -0.39 is 233 Å². The summed E-state index contributed by atoms with van der Waals surface area (Å²) in [5.74, 6) is -9.67. The molecule has 104 heavy (non-hydrogen) atoms. The third-order valence-electron chi connectivity index (χ3n) is 15.7. The first-order valence-corrected chi connectivity index (χ1v) is 31.0. The Morgan fingerprint density at radius 2 is 0.721 bits per heavy atom. The summed E-state index contributed by atoms with van der Waals surface area (Å²) in [6, 6.07) is 5.33. The first-order valence-electron chi connectivity index (χ1n) is 31.0. The van der Waals surface area contributed by atoms with Crippen LogP contribution >= 0.6 is 0 Å². The van der Waals surface area contributed by atoms with E-state index in [1.165, 1.54) is 48.5 Å². The number of benzene rings is 2. The second-order valence-corrected chi connectivity index (χ2v) is 22.7. The first kappa shape index (κ1) is 79.8. The minimum absolute atomic E-state index is 0.0862. The lowest BCUT2D eigenvalue weighted by atomic mass is 9.83. The van der Waals surface area contributed by atoms with Crippen LogP contribution in [0.5, 0.6) is 0 Å². The molecular weight excluding hydrogens is 1390 g/mol. The second kappa shape index (κ2) is 38.5. The Labute approximate surface area is 584 Å². The number of carbonyl (C=O) groups is 9. The number of hydrogen-bond acceptors (Lipinski definition) is 33. The van der Waals surface area contributed by atoms with E-state index in [1.54, 1.807) is 12.1 Å². The summed E-state index contributed by atoms with van der Waals surface area (Å²) in [6.07, 6.45) is -38.1. The fraction of sp³-hybridized carbons (Fsp3) is 0.632. The molecule has 24 atom stereocenters. The van der Waals surface area contributed by atoms with Crippen molar-refractivity contribution in [2.75, 3.05) is 26.3 Å². The molecule has 0 radical (unpaired) electrons. The van der Waals surface area contributed by atoms with E-state index in [0.717, 1.165) is 48.5 Å². The maximum atomic E-state index is 14.3. The van der Waals surface area contributed by atoms with E-state index in [1.807, 2.05) is 0 Å². The summed E-state index contributed by atoms with van der Waals surface area (Å²) in [5.41, 5.74) is 69.2. The SMILES string of the molecule is CC(=O)OCC1O[C@@H](OC[C@H]2O[C@@H](O[C@@H]3C(OC(C)=O)[C@H](N=[N+]=[N-])CC(N=[N+]=[N-])[C@H]3O[C@H]3OC(CN=[N+]=[N-])[C@@H](OC(C)=O)[C@H](OC(C)=O)C3N=[N+]=[N-])C(OC(C)=O)[C@H]2O[C@H]2O[C@@H](CN=[N+]=[N-])[C@@H](OC(C)=O)C(OC(C)=O)C2N=[N+]=[N-])C(OC(=O)c2ccccc2)[C@@H](OC(=O)c2ccccc2)[C@@H]1N=[N+]=[N-]. The van der Waals surface area contributed by atoms with Crippen LogP contribution in [0.3, 0.4) is 0 Å². The van der Waals surface area contributed by atoms with Crippen molar-refractivity contribution in [3.63, 3.8) is 0 Å². The summed E-state index contributed by atoms with van der Waals surface area (Å²) < 4.78 is 103. The summed E-state index contributed by atoms with van der Waals surface area (Å²) in [6.45, 7) is 3.16. The smallest absolute Gasteiger partial charge is 0.338 e. The van der Waals surface area contributed by atoms with Crippen LogP contribution in [0.4, 0.5) is 0 Å². The van der Waals surface area contributed by atoms with Gasteiger partial charge in [0.05, 0.1) is 49.0 Å². The largest absolute Gasteiger partial charge is 0.463 e. The highest BCUT2D eigenvalue weighted by Gasteiger charge is 2.60. The van der Waals surface area contributed by atoms with Gasteiger partial charge in [0.2, 0.25) is 0 Å². The predicted octanol–water partition coefficient (Wildman–Crippen LogP) is 6.08. The molecule has 9 unspecified atom stereocenters. The second-order valence-electron chi connectivity index (χ2n) is 22.7. The molecule has 4 heterocycles. The van der Waals surface area contributed by atoms with Crippen molar-refractivity contribution < 1.29 is 124 Å². The van der Waals surface area contributed by atoms with Crippen molar-refractivity contribution in [2.45, 2.75) is 202 Å². The van der Waals surface area contributed by atoms with Crippen molar-refractivity contribution in [1.29, 1.82) is 0 Å². The Hall–Kier alpha value is -11.5. The number of azide groups is 7. The fourth-order valence-corrected chi connectivity index (χ4v) is 11.8. The lowest BCUT2D eigenvalue weighted by Gasteiger charge is -2.48. The molecule has 5 aliphatic rings. The highest BCUT2D eigenvalue weighted by molar-refractivity contribution is 5.90. The van der Waals surface area contributed by atoms with E-state index >= 15 is 0 Å². The van der Waals surface area contributed by atoms with Crippen molar-refractivity contribution in [1.82, 2.24) is 0 Å². The van der Waals surface area contributed by atoms with Gasteiger partial charge < -0.3 is 80.5 Å². The summed E-state index contributed by atoms with van der Waals surface area (Å²) in [4.78, 5) is 139. The number of esters is 9. The van der Waals surface area contributed by atoms with E-state index in [4.69, 9.17) is 80.5 Å². The van der Waals surface area contributed by atoms with Gasteiger partial charge in [0, 0.05) is 82.8 Å². The molecular formula is C57H65N21O26. The Morgan fingerprint density at radius 1 is 0.356 bits per heavy atom. The number of carbonyl (C=O) groups excluding carboxylic acids is 9.